The molecule has 10 heteroatoms. The fourth-order valence-corrected chi connectivity index (χ4v) is 5.27. The standard InChI is InChI=1S/C29H36ClN5O4/c1-29(2,3)39-27(36)18-35-14-12-19(13-15-35)25-10-11-26(34-33-25)28(37)32-21-5-8-22(9-6-21)38-23-7-4-20(17-31)24(30)16-23/h4,7,10-11,16,19,21-22H,5-6,8-9,12-15,18H2,1-3H3,(H,32,37)/t21-,22-. The van der Waals surface area contributed by atoms with Crippen LogP contribution in [0.2, 0.25) is 5.02 Å². The van der Waals surface area contributed by atoms with Gasteiger partial charge in [0.2, 0.25) is 0 Å². The van der Waals surface area contributed by atoms with E-state index >= 15 is 0 Å². The number of hydrogen-bond donors (Lipinski definition) is 1. The first-order valence-electron chi connectivity index (χ1n) is 13.5. The third kappa shape index (κ3) is 8.38. The lowest BCUT2D eigenvalue weighted by Crippen LogP contribution is -2.40. The number of esters is 1. The van der Waals surface area contributed by atoms with Crippen molar-refractivity contribution in [3.63, 3.8) is 0 Å². The van der Waals surface area contributed by atoms with E-state index in [4.69, 9.17) is 26.3 Å². The highest BCUT2D eigenvalue weighted by molar-refractivity contribution is 6.31. The van der Waals surface area contributed by atoms with Crippen molar-refractivity contribution in [2.45, 2.75) is 83.0 Å². The number of ether oxygens (including phenoxy) is 2. The first-order valence-corrected chi connectivity index (χ1v) is 13.9. The van der Waals surface area contributed by atoms with Gasteiger partial charge in [-0.15, -0.1) is 5.10 Å². The minimum absolute atomic E-state index is 0.0387. The number of halogens is 1. The van der Waals surface area contributed by atoms with Gasteiger partial charge in [0.1, 0.15) is 17.4 Å². The molecule has 2 aliphatic rings. The largest absolute Gasteiger partial charge is 0.490 e. The molecule has 1 aliphatic heterocycles. The van der Waals surface area contributed by atoms with Gasteiger partial charge < -0.3 is 14.8 Å². The molecule has 2 heterocycles. The Balaban J connectivity index is 1.19. The van der Waals surface area contributed by atoms with Crippen molar-refractivity contribution < 1.29 is 19.1 Å². The smallest absolute Gasteiger partial charge is 0.320 e. The van der Waals surface area contributed by atoms with E-state index in [-0.39, 0.29) is 29.9 Å². The van der Waals surface area contributed by atoms with Gasteiger partial charge in [0.05, 0.1) is 28.9 Å². The van der Waals surface area contributed by atoms with Crippen LogP contribution in [0.3, 0.4) is 0 Å². The molecule has 2 fully saturated rings. The Morgan fingerprint density at radius 3 is 2.38 bits per heavy atom. The summed E-state index contributed by atoms with van der Waals surface area (Å²) >= 11 is 6.10. The van der Waals surface area contributed by atoms with Crippen LogP contribution in [0, 0.1) is 11.3 Å². The van der Waals surface area contributed by atoms with Gasteiger partial charge >= 0.3 is 5.97 Å². The van der Waals surface area contributed by atoms with Gasteiger partial charge in [-0.2, -0.15) is 10.4 Å². The molecule has 1 saturated carbocycles. The van der Waals surface area contributed by atoms with Crippen LogP contribution in [0.1, 0.15) is 87.0 Å². The summed E-state index contributed by atoms with van der Waals surface area (Å²) in [7, 11) is 0. The lowest BCUT2D eigenvalue weighted by atomic mass is 9.92. The Labute approximate surface area is 234 Å². The summed E-state index contributed by atoms with van der Waals surface area (Å²) in [6.07, 6.45) is 5.00. The van der Waals surface area contributed by atoms with Gasteiger partial charge in [0.15, 0.2) is 5.69 Å². The Hall–Kier alpha value is -3.22. The van der Waals surface area contributed by atoms with Gasteiger partial charge in [-0.1, -0.05) is 11.6 Å². The zero-order valence-corrected chi connectivity index (χ0v) is 23.5. The summed E-state index contributed by atoms with van der Waals surface area (Å²) in [5, 5.41) is 21.0. The first-order chi connectivity index (χ1) is 18.6. The summed E-state index contributed by atoms with van der Waals surface area (Å²) in [6, 6.07) is 10.8. The molecule has 1 amide bonds. The highest BCUT2D eigenvalue weighted by atomic mass is 35.5. The van der Waals surface area contributed by atoms with Crippen LogP contribution in [-0.4, -0.2) is 64.4 Å². The highest BCUT2D eigenvalue weighted by Crippen LogP contribution is 2.28. The number of nitrogens with one attached hydrogen (secondary N) is 1. The molecule has 9 nitrogen and oxygen atoms in total. The second-order valence-electron chi connectivity index (χ2n) is 11.3. The van der Waals surface area contributed by atoms with Gasteiger partial charge in [0.25, 0.3) is 5.91 Å². The molecule has 1 aromatic carbocycles. The Bertz CT molecular complexity index is 1190. The summed E-state index contributed by atoms with van der Waals surface area (Å²) < 4.78 is 11.5. The fourth-order valence-electron chi connectivity index (χ4n) is 5.06. The Morgan fingerprint density at radius 2 is 1.79 bits per heavy atom. The number of amides is 1. The van der Waals surface area contributed by atoms with Crippen LogP contribution in [0.4, 0.5) is 0 Å². The predicted octanol–water partition coefficient (Wildman–Crippen LogP) is 4.64. The van der Waals surface area contributed by atoms with Crippen LogP contribution in [0.15, 0.2) is 30.3 Å². The van der Waals surface area contributed by atoms with Crippen molar-refractivity contribution in [3.8, 4) is 11.8 Å². The summed E-state index contributed by atoms with van der Waals surface area (Å²) in [4.78, 5) is 27.0. The second-order valence-corrected chi connectivity index (χ2v) is 11.7. The van der Waals surface area contributed by atoms with Crippen molar-refractivity contribution in [1.29, 1.82) is 5.26 Å². The number of piperidine rings is 1. The van der Waals surface area contributed by atoms with Gasteiger partial charge in [-0.05, 0) is 96.7 Å². The topological polar surface area (TPSA) is 117 Å². The normalized spacial score (nSPS) is 20.6. The maximum absolute atomic E-state index is 12.8. The van der Waals surface area contributed by atoms with Gasteiger partial charge in [-0.25, -0.2) is 0 Å². The monoisotopic (exact) mass is 553 g/mol. The van der Waals surface area contributed by atoms with Crippen molar-refractivity contribution >= 4 is 23.5 Å². The van der Waals surface area contributed by atoms with E-state index in [0.717, 1.165) is 57.3 Å². The van der Waals surface area contributed by atoms with E-state index in [1.54, 1.807) is 24.3 Å². The van der Waals surface area contributed by atoms with Crippen molar-refractivity contribution in [1.82, 2.24) is 20.4 Å². The number of benzene rings is 1. The maximum atomic E-state index is 12.8. The molecule has 1 N–H and O–H groups in total. The summed E-state index contributed by atoms with van der Waals surface area (Å²) in [5.74, 6) is 0.485. The molecule has 0 radical (unpaired) electrons. The number of hydrogen-bond acceptors (Lipinski definition) is 8. The van der Waals surface area contributed by atoms with E-state index < -0.39 is 5.60 Å². The third-order valence-electron chi connectivity index (χ3n) is 7.07. The number of likely N-dealkylation sites (tertiary alicyclic amines) is 1. The van der Waals surface area contributed by atoms with Crippen molar-refractivity contribution in [3.05, 3.63) is 52.3 Å². The maximum Gasteiger partial charge on any atom is 0.320 e. The van der Waals surface area contributed by atoms with Crippen molar-refractivity contribution in [2.75, 3.05) is 19.6 Å². The number of rotatable bonds is 7. The van der Waals surface area contributed by atoms with Crippen LogP contribution in [0.25, 0.3) is 0 Å². The molecule has 0 bridgehead atoms. The molecule has 1 saturated heterocycles. The molecule has 208 valence electrons. The lowest BCUT2D eigenvalue weighted by Gasteiger charge is -2.31. The molecular weight excluding hydrogens is 518 g/mol. The Kier molecular flexibility index (Phi) is 9.41. The highest BCUT2D eigenvalue weighted by Gasteiger charge is 2.27. The van der Waals surface area contributed by atoms with Crippen LogP contribution in [-0.2, 0) is 9.53 Å². The number of nitriles is 1. The third-order valence-corrected chi connectivity index (χ3v) is 7.38. The fraction of sp³-hybridized carbons (Fsp3) is 0.552. The van der Waals surface area contributed by atoms with Crippen molar-refractivity contribution in [2.24, 2.45) is 0 Å². The van der Waals surface area contributed by atoms with E-state index in [1.807, 2.05) is 32.9 Å². The average Bonchev–Trinajstić information content (AvgIpc) is 2.89. The second kappa shape index (κ2) is 12.8. The van der Waals surface area contributed by atoms with E-state index in [0.29, 0.717) is 28.6 Å². The molecule has 39 heavy (non-hydrogen) atoms. The molecule has 0 spiro atoms. The van der Waals surface area contributed by atoms with E-state index in [1.165, 1.54) is 0 Å². The van der Waals surface area contributed by atoms with E-state index in [2.05, 4.69) is 20.4 Å². The zero-order valence-electron chi connectivity index (χ0n) is 22.8. The molecule has 1 aromatic heterocycles. The summed E-state index contributed by atoms with van der Waals surface area (Å²) in [6.45, 7) is 7.49. The minimum Gasteiger partial charge on any atom is -0.490 e. The van der Waals surface area contributed by atoms with Crippen LogP contribution >= 0.6 is 11.6 Å². The number of carbonyl (C=O) groups is 2. The van der Waals surface area contributed by atoms with Gasteiger partial charge in [-0.3, -0.25) is 14.5 Å². The molecule has 1 aliphatic carbocycles. The predicted molar refractivity (Wildman–Crippen MR) is 147 cm³/mol. The molecule has 0 atom stereocenters. The van der Waals surface area contributed by atoms with Crippen LogP contribution in [0.5, 0.6) is 5.75 Å². The van der Waals surface area contributed by atoms with Crippen LogP contribution < -0.4 is 10.1 Å². The molecular formula is C29H36ClN5O4. The molecule has 0 unspecified atom stereocenters. The quantitative estimate of drug-likeness (QED) is 0.493. The number of aromatic nitrogens is 2. The average molecular weight is 554 g/mol. The first kappa shape index (κ1) is 28.8. The molecule has 2 aromatic rings. The summed E-state index contributed by atoms with van der Waals surface area (Å²) in [5.41, 5.74) is 1.14. The minimum atomic E-state index is -0.477. The number of nitrogens with zero attached hydrogens (tertiary/aromatic N) is 4. The lowest BCUT2D eigenvalue weighted by molar-refractivity contribution is -0.156. The Morgan fingerprint density at radius 1 is 1.08 bits per heavy atom. The van der Waals surface area contributed by atoms with Gasteiger partial charge in [0, 0.05) is 18.0 Å². The molecule has 4 rings (SSSR count). The SMILES string of the molecule is CC(C)(C)OC(=O)CN1CCC(c2ccc(C(=O)N[C@H]3CC[C@H](Oc4ccc(C#N)c(Cl)c4)CC3)nn2)CC1. The van der Waals surface area contributed by atoms with E-state index in [9.17, 15) is 9.59 Å². The zero-order chi connectivity index (χ0) is 28.0. The number of carbonyl (C=O) groups excluding carboxylic acids is 2.